The van der Waals surface area contributed by atoms with E-state index in [1.54, 1.807) is 30.4 Å². The summed E-state index contributed by atoms with van der Waals surface area (Å²) in [4.78, 5) is 17.5. The van der Waals surface area contributed by atoms with E-state index in [2.05, 4.69) is 9.88 Å². The molecule has 0 radical (unpaired) electrons. The maximum absolute atomic E-state index is 11.0. The molecule has 1 aromatic carbocycles. The first kappa shape index (κ1) is 13.1. The number of nitro groups is 1. The topological polar surface area (TPSA) is 59.3 Å². The van der Waals surface area contributed by atoms with Crippen LogP contribution < -0.4 is 4.90 Å². The van der Waals surface area contributed by atoms with Gasteiger partial charge < -0.3 is 4.90 Å². The summed E-state index contributed by atoms with van der Waals surface area (Å²) in [5.41, 5.74) is 2.45. The lowest BCUT2D eigenvalue weighted by molar-refractivity contribution is -0.385. The fraction of sp³-hybridized carbons (Fsp3) is 0.357. The molecule has 104 valence electrons. The van der Waals surface area contributed by atoms with Crippen molar-refractivity contribution < 1.29 is 4.92 Å². The highest BCUT2D eigenvalue weighted by atomic mass is 32.1. The summed E-state index contributed by atoms with van der Waals surface area (Å²) in [6, 6.07) is 5.28. The van der Waals surface area contributed by atoms with Crippen LogP contribution in [0, 0.1) is 17.0 Å². The first-order chi connectivity index (χ1) is 9.65. The van der Waals surface area contributed by atoms with Crippen LogP contribution in [0.2, 0.25) is 0 Å². The highest BCUT2D eigenvalue weighted by molar-refractivity contribution is 7.14. The molecule has 0 unspecified atom stereocenters. The number of hydrogen-bond acceptors (Lipinski definition) is 5. The van der Waals surface area contributed by atoms with Gasteiger partial charge in [-0.3, -0.25) is 10.1 Å². The molecule has 1 fully saturated rings. The molecule has 1 aromatic heterocycles. The molecule has 2 heterocycles. The zero-order valence-corrected chi connectivity index (χ0v) is 12.0. The first-order valence-electron chi connectivity index (χ1n) is 6.61. The number of hydrogen-bond donors (Lipinski definition) is 0. The van der Waals surface area contributed by atoms with Crippen molar-refractivity contribution in [3.05, 3.63) is 39.3 Å². The molecule has 2 aromatic rings. The molecule has 0 bridgehead atoms. The van der Waals surface area contributed by atoms with E-state index in [-0.39, 0.29) is 10.6 Å². The Morgan fingerprint density at radius 3 is 2.80 bits per heavy atom. The van der Waals surface area contributed by atoms with Crippen LogP contribution in [-0.4, -0.2) is 23.0 Å². The van der Waals surface area contributed by atoms with Crippen molar-refractivity contribution in [3.8, 4) is 11.3 Å². The molecule has 1 aliphatic rings. The molecule has 20 heavy (non-hydrogen) atoms. The molecule has 1 aliphatic heterocycles. The van der Waals surface area contributed by atoms with Crippen molar-refractivity contribution in [3.63, 3.8) is 0 Å². The largest absolute Gasteiger partial charge is 0.348 e. The van der Waals surface area contributed by atoms with Gasteiger partial charge in [0.15, 0.2) is 5.13 Å². The second-order valence-electron chi connectivity index (χ2n) is 4.97. The Kier molecular flexibility index (Phi) is 3.40. The quantitative estimate of drug-likeness (QED) is 0.639. The Labute approximate surface area is 121 Å². The first-order valence-corrected chi connectivity index (χ1v) is 7.49. The normalized spacial score (nSPS) is 14.8. The fourth-order valence-electron chi connectivity index (χ4n) is 2.42. The van der Waals surface area contributed by atoms with Crippen molar-refractivity contribution in [2.45, 2.75) is 19.8 Å². The van der Waals surface area contributed by atoms with E-state index in [0.717, 1.165) is 29.5 Å². The maximum Gasteiger partial charge on any atom is 0.272 e. The van der Waals surface area contributed by atoms with Crippen LogP contribution in [0.5, 0.6) is 0 Å². The van der Waals surface area contributed by atoms with Gasteiger partial charge in [-0.1, -0.05) is 12.1 Å². The summed E-state index contributed by atoms with van der Waals surface area (Å²) in [5.74, 6) is 0. The molecule has 0 N–H and O–H groups in total. The molecule has 0 amide bonds. The van der Waals surface area contributed by atoms with Gasteiger partial charge in [0.25, 0.3) is 5.69 Å². The Balaban J connectivity index is 1.93. The van der Waals surface area contributed by atoms with Crippen LogP contribution in [0.3, 0.4) is 0 Å². The summed E-state index contributed by atoms with van der Waals surface area (Å²) in [7, 11) is 0. The fourth-order valence-corrected chi connectivity index (χ4v) is 3.30. The average molecular weight is 289 g/mol. The lowest BCUT2D eigenvalue weighted by Crippen LogP contribution is -2.17. The van der Waals surface area contributed by atoms with Gasteiger partial charge in [0.1, 0.15) is 0 Å². The lowest BCUT2D eigenvalue weighted by atomic mass is 10.1. The van der Waals surface area contributed by atoms with Crippen LogP contribution in [0.4, 0.5) is 10.8 Å². The summed E-state index contributed by atoms with van der Waals surface area (Å²) in [6.45, 7) is 3.86. The van der Waals surface area contributed by atoms with E-state index < -0.39 is 0 Å². The van der Waals surface area contributed by atoms with Gasteiger partial charge in [-0.15, -0.1) is 11.3 Å². The number of anilines is 1. The van der Waals surface area contributed by atoms with Gasteiger partial charge in [-0.25, -0.2) is 4.98 Å². The van der Waals surface area contributed by atoms with E-state index >= 15 is 0 Å². The van der Waals surface area contributed by atoms with Crippen LogP contribution in [0.1, 0.15) is 18.4 Å². The molecule has 3 rings (SSSR count). The second-order valence-corrected chi connectivity index (χ2v) is 5.80. The van der Waals surface area contributed by atoms with Gasteiger partial charge in [0, 0.05) is 35.7 Å². The molecule has 0 spiro atoms. The van der Waals surface area contributed by atoms with Crippen LogP contribution in [0.15, 0.2) is 23.6 Å². The minimum absolute atomic E-state index is 0.151. The number of aryl methyl sites for hydroxylation is 1. The molecular weight excluding hydrogens is 274 g/mol. The van der Waals surface area contributed by atoms with Gasteiger partial charge in [0.05, 0.1) is 10.6 Å². The molecule has 6 heteroatoms. The summed E-state index contributed by atoms with van der Waals surface area (Å²) < 4.78 is 0. The van der Waals surface area contributed by atoms with Crippen molar-refractivity contribution in [2.75, 3.05) is 18.0 Å². The summed E-state index contributed by atoms with van der Waals surface area (Å²) in [5, 5.41) is 14.0. The van der Waals surface area contributed by atoms with Crippen molar-refractivity contribution in [1.29, 1.82) is 0 Å². The molecule has 0 saturated carbocycles. The van der Waals surface area contributed by atoms with Gasteiger partial charge in [0.2, 0.25) is 0 Å². The monoisotopic (exact) mass is 289 g/mol. The van der Waals surface area contributed by atoms with Crippen LogP contribution in [-0.2, 0) is 0 Å². The van der Waals surface area contributed by atoms with E-state index in [0.29, 0.717) is 5.56 Å². The van der Waals surface area contributed by atoms with E-state index in [9.17, 15) is 10.1 Å². The molecule has 5 nitrogen and oxygen atoms in total. The zero-order valence-electron chi connectivity index (χ0n) is 11.2. The maximum atomic E-state index is 11.0. The molecule has 0 atom stereocenters. The third-order valence-corrected chi connectivity index (χ3v) is 4.47. The Morgan fingerprint density at radius 2 is 2.10 bits per heavy atom. The number of benzene rings is 1. The van der Waals surface area contributed by atoms with Crippen LogP contribution >= 0.6 is 11.3 Å². The highest BCUT2D eigenvalue weighted by Crippen LogP contribution is 2.31. The van der Waals surface area contributed by atoms with Gasteiger partial charge in [-0.2, -0.15) is 0 Å². The minimum Gasteiger partial charge on any atom is -0.348 e. The Hall–Kier alpha value is -1.95. The third-order valence-electron chi connectivity index (χ3n) is 3.57. The third kappa shape index (κ3) is 2.38. The second kappa shape index (κ2) is 5.20. The highest BCUT2D eigenvalue weighted by Gasteiger charge is 2.17. The molecular formula is C14H15N3O2S. The average Bonchev–Trinajstić information content (AvgIpc) is 3.09. The van der Waals surface area contributed by atoms with Crippen molar-refractivity contribution in [2.24, 2.45) is 0 Å². The summed E-state index contributed by atoms with van der Waals surface area (Å²) in [6.07, 6.45) is 2.43. The predicted molar refractivity (Wildman–Crippen MR) is 80.4 cm³/mol. The number of aromatic nitrogens is 1. The number of thiazole rings is 1. The van der Waals surface area contributed by atoms with Crippen molar-refractivity contribution in [1.82, 2.24) is 4.98 Å². The number of nitrogens with zero attached hydrogens (tertiary/aromatic N) is 3. The zero-order chi connectivity index (χ0) is 14.1. The van der Waals surface area contributed by atoms with Crippen molar-refractivity contribution >= 4 is 22.2 Å². The molecule has 0 aliphatic carbocycles. The minimum atomic E-state index is -0.341. The SMILES string of the molecule is Cc1ccc(-c2csc(N3CCCC3)n2)cc1[N+](=O)[O-]. The predicted octanol–water partition coefficient (Wildman–Crippen LogP) is 3.63. The standard InChI is InChI=1S/C14H15N3O2S/c1-10-4-5-11(8-13(10)17(18)19)12-9-20-14(15-12)16-6-2-3-7-16/h4-5,8-9H,2-3,6-7H2,1H3. The number of nitro benzene ring substituents is 1. The molecule has 1 saturated heterocycles. The van der Waals surface area contributed by atoms with Crippen LogP contribution in [0.25, 0.3) is 11.3 Å². The van der Waals surface area contributed by atoms with E-state index in [4.69, 9.17) is 0 Å². The Morgan fingerprint density at radius 1 is 1.35 bits per heavy atom. The van der Waals surface area contributed by atoms with Gasteiger partial charge in [-0.05, 0) is 19.8 Å². The van der Waals surface area contributed by atoms with E-state index in [1.165, 1.54) is 12.8 Å². The smallest absolute Gasteiger partial charge is 0.272 e. The van der Waals surface area contributed by atoms with Gasteiger partial charge >= 0.3 is 0 Å². The number of rotatable bonds is 3. The lowest BCUT2D eigenvalue weighted by Gasteiger charge is -2.12. The Bertz CT molecular complexity index is 648. The van der Waals surface area contributed by atoms with E-state index in [1.807, 2.05) is 11.4 Å². The summed E-state index contributed by atoms with van der Waals surface area (Å²) >= 11 is 1.61.